The number of aromatic nitrogens is 3. The molecule has 0 unspecified atom stereocenters. The van der Waals surface area contributed by atoms with Crippen molar-refractivity contribution in [3.63, 3.8) is 0 Å². The molecule has 2 aromatic heterocycles. The summed E-state index contributed by atoms with van der Waals surface area (Å²) in [5, 5.41) is 4.02. The van der Waals surface area contributed by atoms with E-state index in [1.54, 1.807) is 4.52 Å². The van der Waals surface area contributed by atoms with Crippen molar-refractivity contribution in [2.75, 3.05) is 5.73 Å². The molecule has 6 heteroatoms. The van der Waals surface area contributed by atoms with Gasteiger partial charge in [-0.3, -0.25) is 0 Å². The molecule has 0 aliphatic rings. The van der Waals surface area contributed by atoms with Crippen molar-refractivity contribution in [2.24, 2.45) is 0 Å². The minimum Gasteiger partial charge on any atom is -0.382 e. The number of halogens is 1. The van der Waals surface area contributed by atoms with E-state index in [1.165, 1.54) is 6.33 Å². The molecule has 2 N–H and O–H groups in total. The lowest BCUT2D eigenvalue weighted by Crippen LogP contribution is -2.02. The molecule has 14 heavy (non-hydrogen) atoms. The molecular formula is C8H7BrN4O. The van der Waals surface area contributed by atoms with E-state index in [9.17, 15) is 4.79 Å². The van der Waals surface area contributed by atoms with Crippen molar-refractivity contribution < 1.29 is 4.79 Å². The Bertz CT molecular complexity index is 493. The van der Waals surface area contributed by atoms with Crippen molar-refractivity contribution in [3.05, 3.63) is 22.6 Å². The van der Waals surface area contributed by atoms with E-state index in [0.29, 0.717) is 17.8 Å². The Hall–Kier alpha value is -1.43. The van der Waals surface area contributed by atoms with Gasteiger partial charge in [-0.25, -0.2) is 9.50 Å². The van der Waals surface area contributed by atoms with Gasteiger partial charge in [-0.05, 0) is 22.0 Å². The zero-order valence-corrected chi connectivity index (χ0v) is 8.73. The summed E-state index contributed by atoms with van der Waals surface area (Å²) in [4.78, 5) is 14.3. The first-order valence-electron chi connectivity index (χ1n) is 3.94. The van der Waals surface area contributed by atoms with Gasteiger partial charge in [0.15, 0.2) is 5.82 Å². The Balaban J connectivity index is 2.77. The van der Waals surface area contributed by atoms with Gasteiger partial charge in [-0.1, -0.05) is 0 Å². The maximum absolute atomic E-state index is 10.4. The number of nitrogen functional groups attached to an aromatic ring is 1. The fraction of sp³-hybridized carbons (Fsp3) is 0.125. The van der Waals surface area contributed by atoms with Crippen LogP contribution in [0.2, 0.25) is 0 Å². The molecular weight excluding hydrogens is 248 g/mol. The minimum absolute atomic E-state index is 0.309. The van der Waals surface area contributed by atoms with Crippen molar-refractivity contribution >= 4 is 33.6 Å². The number of fused-ring (bicyclic) bond motifs is 1. The SMILES string of the molecule is Nc1ncnn2c(CC=O)cc(Br)c12. The molecule has 5 nitrogen and oxygen atoms in total. The van der Waals surface area contributed by atoms with Gasteiger partial charge in [0.1, 0.15) is 18.1 Å². The van der Waals surface area contributed by atoms with Crippen LogP contribution in [0.4, 0.5) is 5.82 Å². The quantitative estimate of drug-likeness (QED) is 0.806. The first kappa shape index (κ1) is 9.14. The van der Waals surface area contributed by atoms with Crippen LogP contribution in [0, 0.1) is 0 Å². The van der Waals surface area contributed by atoms with Crippen LogP contribution in [-0.2, 0) is 11.2 Å². The summed E-state index contributed by atoms with van der Waals surface area (Å²) < 4.78 is 2.41. The van der Waals surface area contributed by atoms with Crippen molar-refractivity contribution in [2.45, 2.75) is 6.42 Å². The van der Waals surface area contributed by atoms with E-state index in [0.717, 1.165) is 16.5 Å². The monoisotopic (exact) mass is 254 g/mol. The molecule has 0 atom stereocenters. The van der Waals surface area contributed by atoms with Gasteiger partial charge in [0.2, 0.25) is 0 Å². The van der Waals surface area contributed by atoms with E-state index >= 15 is 0 Å². The zero-order chi connectivity index (χ0) is 10.1. The third kappa shape index (κ3) is 1.27. The summed E-state index contributed by atoms with van der Waals surface area (Å²) in [5.74, 6) is 0.393. The lowest BCUT2D eigenvalue weighted by Gasteiger charge is -1.98. The van der Waals surface area contributed by atoms with Gasteiger partial charge in [0.25, 0.3) is 0 Å². The second-order valence-corrected chi connectivity index (χ2v) is 3.61. The number of hydrogen-bond donors (Lipinski definition) is 1. The van der Waals surface area contributed by atoms with Gasteiger partial charge >= 0.3 is 0 Å². The molecule has 0 saturated carbocycles. The number of nitrogens with zero attached hydrogens (tertiary/aromatic N) is 3. The number of carbonyl (C=O) groups excluding carboxylic acids is 1. The number of hydrogen-bond acceptors (Lipinski definition) is 4. The van der Waals surface area contributed by atoms with E-state index in [4.69, 9.17) is 5.73 Å². The number of aldehydes is 1. The molecule has 2 rings (SSSR count). The molecule has 0 radical (unpaired) electrons. The Morgan fingerprint density at radius 3 is 3.14 bits per heavy atom. The lowest BCUT2D eigenvalue weighted by atomic mass is 10.3. The third-order valence-electron chi connectivity index (χ3n) is 1.90. The molecule has 72 valence electrons. The van der Waals surface area contributed by atoms with E-state index in [1.807, 2.05) is 6.07 Å². The van der Waals surface area contributed by atoms with Gasteiger partial charge in [-0.15, -0.1) is 0 Å². The van der Waals surface area contributed by atoms with Gasteiger partial charge in [-0.2, -0.15) is 5.10 Å². The molecule has 2 aromatic rings. The van der Waals surface area contributed by atoms with E-state index < -0.39 is 0 Å². The van der Waals surface area contributed by atoms with E-state index in [2.05, 4.69) is 26.0 Å². The van der Waals surface area contributed by atoms with Gasteiger partial charge in [0, 0.05) is 10.9 Å². The summed E-state index contributed by atoms with van der Waals surface area (Å²) >= 11 is 3.34. The zero-order valence-electron chi connectivity index (χ0n) is 7.14. The Morgan fingerprint density at radius 2 is 2.43 bits per heavy atom. The Morgan fingerprint density at radius 1 is 1.64 bits per heavy atom. The summed E-state index contributed by atoms with van der Waals surface area (Å²) in [6.07, 6.45) is 2.50. The van der Waals surface area contributed by atoms with Gasteiger partial charge < -0.3 is 10.5 Å². The van der Waals surface area contributed by atoms with Gasteiger partial charge in [0.05, 0.1) is 5.69 Å². The second kappa shape index (κ2) is 3.38. The first-order chi connectivity index (χ1) is 6.74. The topological polar surface area (TPSA) is 73.3 Å². The summed E-state index contributed by atoms with van der Waals surface area (Å²) in [7, 11) is 0. The molecule has 0 bridgehead atoms. The van der Waals surface area contributed by atoms with Crippen LogP contribution >= 0.6 is 15.9 Å². The number of rotatable bonds is 2. The fourth-order valence-corrected chi connectivity index (χ4v) is 1.95. The van der Waals surface area contributed by atoms with Crippen LogP contribution in [-0.4, -0.2) is 20.9 Å². The average molecular weight is 255 g/mol. The highest BCUT2D eigenvalue weighted by atomic mass is 79.9. The summed E-state index contributed by atoms with van der Waals surface area (Å²) in [6, 6.07) is 1.81. The summed E-state index contributed by atoms with van der Waals surface area (Å²) in [6.45, 7) is 0. The molecule has 2 heterocycles. The molecule has 0 aromatic carbocycles. The van der Waals surface area contributed by atoms with Crippen LogP contribution in [0.3, 0.4) is 0 Å². The first-order valence-corrected chi connectivity index (χ1v) is 4.73. The van der Waals surface area contributed by atoms with Crippen molar-refractivity contribution in [1.29, 1.82) is 0 Å². The molecule has 0 fully saturated rings. The highest BCUT2D eigenvalue weighted by molar-refractivity contribution is 9.10. The molecule has 0 saturated heterocycles. The normalized spacial score (nSPS) is 10.6. The predicted molar refractivity (Wildman–Crippen MR) is 54.9 cm³/mol. The number of carbonyl (C=O) groups is 1. The number of nitrogens with two attached hydrogens (primary N) is 1. The third-order valence-corrected chi connectivity index (χ3v) is 2.51. The molecule has 0 aliphatic carbocycles. The standard InChI is InChI=1S/C8H7BrN4O/c9-6-3-5(1-2-14)13-7(6)8(10)11-4-12-13/h2-4H,1H2,(H2,10,11,12). The maximum atomic E-state index is 10.4. The maximum Gasteiger partial charge on any atom is 0.152 e. The fourth-order valence-electron chi connectivity index (χ4n) is 1.31. The molecule has 0 spiro atoms. The summed E-state index contributed by atoms with van der Waals surface area (Å²) in [5.41, 5.74) is 7.16. The highest BCUT2D eigenvalue weighted by Crippen LogP contribution is 2.24. The van der Waals surface area contributed by atoms with E-state index in [-0.39, 0.29) is 0 Å². The largest absolute Gasteiger partial charge is 0.382 e. The number of anilines is 1. The van der Waals surface area contributed by atoms with Crippen LogP contribution < -0.4 is 5.73 Å². The van der Waals surface area contributed by atoms with Crippen LogP contribution in [0.15, 0.2) is 16.9 Å². The van der Waals surface area contributed by atoms with Crippen LogP contribution in [0.1, 0.15) is 5.69 Å². The minimum atomic E-state index is 0.309. The highest BCUT2D eigenvalue weighted by Gasteiger charge is 2.10. The second-order valence-electron chi connectivity index (χ2n) is 2.76. The Kier molecular flexibility index (Phi) is 2.20. The average Bonchev–Trinajstić information content (AvgIpc) is 2.46. The lowest BCUT2D eigenvalue weighted by molar-refractivity contribution is -0.107. The van der Waals surface area contributed by atoms with Crippen molar-refractivity contribution in [3.8, 4) is 0 Å². The molecule has 0 amide bonds. The molecule has 0 aliphatic heterocycles. The van der Waals surface area contributed by atoms with Crippen LogP contribution in [0.25, 0.3) is 5.52 Å². The predicted octanol–water partition coefficient (Wildman–Crippen LogP) is 0.815. The smallest absolute Gasteiger partial charge is 0.152 e. The van der Waals surface area contributed by atoms with Crippen molar-refractivity contribution in [1.82, 2.24) is 14.6 Å². The Labute approximate surface area is 88.1 Å². The van der Waals surface area contributed by atoms with Crippen LogP contribution in [0.5, 0.6) is 0 Å².